The summed E-state index contributed by atoms with van der Waals surface area (Å²) in [5.74, 6) is 1.80. The van der Waals surface area contributed by atoms with Gasteiger partial charge in [-0.3, -0.25) is 9.78 Å². The molecular formula is C27H24N6O4. The van der Waals surface area contributed by atoms with Gasteiger partial charge < -0.3 is 24.4 Å². The third-order valence-electron chi connectivity index (χ3n) is 5.82. The zero-order chi connectivity index (χ0) is 25.6. The first-order chi connectivity index (χ1) is 18.1. The van der Waals surface area contributed by atoms with Crippen molar-refractivity contribution in [2.75, 3.05) is 31.6 Å². The van der Waals surface area contributed by atoms with Gasteiger partial charge in [0.15, 0.2) is 6.10 Å². The second kappa shape index (κ2) is 10.9. The predicted octanol–water partition coefficient (Wildman–Crippen LogP) is 4.06. The maximum atomic E-state index is 12.9. The summed E-state index contributed by atoms with van der Waals surface area (Å²) in [6, 6.07) is 16.3. The molecule has 1 N–H and O–H groups in total. The van der Waals surface area contributed by atoms with E-state index < -0.39 is 6.10 Å². The van der Waals surface area contributed by atoms with Crippen molar-refractivity contribution < 1.29 is 19.0 Å². The molecule has 10 heteroatoms. The van der Waals surface area contributed by atoms with E-state index in [1.807, 2.05) is 12.1 Å². The van der Waals surface area contributed by atoms with Gasteiger partial charge in [-0.05, 0) is 49.4 Å². The van der Waals surface area contributed by atoms with Crippen molar-refractivity contribution in [2.24, 2.45) is 0 Å². The van der Waals surface area contributed by atoms with E-state index in [0.717, 1.165) is 0 Å². The van der Waals surface area contributed by atoms with Gasteiger partial charge in [-0.25, -0.2) is 9.97 Å². The Kier molecular flexibility index (Phi) is 7.05. The number of rotatable bonds is 7. The number of carbonyl (C=O) groups excluding carboxylic acids is 1. The molecule has 1 atom stereocenters. The number of aromatic nitrogens is 3. The molecule has 1 aliphatic heterocycles. The number of anilines is 2. The van der Waals surface area contributed by atoms with Crippen LogP contribution in [0.4, 0.5) is 11.5 Å². The monoisotopic (exact) mass is 496 g/mol. The lowest BCUT2D eigenvalue weighted by Gasteiger charge is -2.29. The summed E-state index contributed by atoms with van der Waals surface area (Å²) in [4.78, 5) is 27.4. The number of morpholine rings is 1. The SMILES string of the molecule is CC(Oc1cccc2ncnc(Nc3ccc(Oc4cccnc4)c(C#N)c3)c12)C(=O)N1CCOCC1. The number of carbonyl (C=O) groups is 1. The van der Waals surface area contributed by atoms with E-state index in [0.29, 0.717) is 71.5 Å². The highest BCUT2D eigenvalue weighted by Crippen LogP contribution is 2.34. The molecule has 10 nitrogen and oxygen atoms in total. The van der Waals surface area contributed by atoms with Crippen LogP contribution < -0.4 is 14.8 Å². The smallest absolute Gasteiger partial charge is 0.263 e. The van der Waals surface area contributed by atoms with Gasteiger partial charge in [-0.15, -0.1) is 0 Å². The number of hydrogen-bond acceptors (Lipinski definition) is 9. The average Bonchev–Trinajstić information content (AvgIpc) is 2.94. The fourth-order valence-electron chi connectivity index (χ4n) is 4.01. The number of amides is 1. The number of nitrogens with one attached hydrogen (secondary N) is 1. The Morgan fingerprint density at radius 3 is 2.78 bits per heavy atom. The zero-order valence-corrected chi connectivity index (χ0v) is 20.1. The lowest BCUT2D eigenvalue weighted by Crippen LogP contribution is -2.46. The van der Waals surface area contributed by atoms with Crippen molar-refractivity contribution in [3.63, 3.8) is 0 Å². The minimum atomic E-state index is -0.703. The second-order valence-corrected chi connectivity index (χ2v) is 8.31. The van der Waals surface area contributed by atoms with Crippen molar-refractivity contribution >= 4 is 28.3 Å². The maximum absolute atomic E-state index is 12.9. The third-order valence-corrected chi connectivity index (χ3v) is 5.82. The number of pyridine rings is 1. The maximum Gasteiger partial charge on any atom is 0.263 e. The summed E-state index contributed by atoms with van der Waals surface area (Å²) >= 11 is 0. The highest BCUT2D eigenvalue weighted by atomic mass is 16.5. The molecule has 1 saturated heterocycles. The Labute approximate surface area is 213 Å². The Morgan fingerprint density at radius 2 is 2.00 bits per heavy atom. The number of fused-ring (bicyclic) bond motifs is 1. The number of hydrogen-bond donors (Lipinski definition) is 1. The van der Waals surface area contributed by atoms with Gasteiger partial charge in [0.2, 0.25) is 0 Å². The van der Waals surface area contributed by atoms with Crippen molar-refractivity contribution in [1.82, 2.24) is 19.9 Å². The Balaban J connectivity index is 1.41. The molecular weight excluding hydrogens is 472 g/mol. The van der Waals surface area contributed by atoms with E-state index >= 15 is 0 Å². The van der Waals surface area contributed by atoms with Crippen LogP contribution >= 0.6 is 0 Å². The molecule has 1 unspecified atom stereocenters. The molecule has 1 amide bonds. The summed E-state index contributed by atoms with van der Waals surface area (Å²) < 4.78 is 17.3. The molecule has 0 radical (unpaired) electrons. The van der Waals surface area contributed by atoms with Crippen LogP contribution in [-0.4, -0.2) is 58.2 Å². The van der Waals surface area contributed by atoms with E-state index in [-0.39, 0.29) is 5.91 Å². The Morgan fingerprint density at radius 1 is 1.14 bits per heavy atom. The van der Waals surface area contributed by atoms with Crippen LogP contribution in [0, 0.1) is 11.3 Å². The molecule has 2 aromatic heterocycles. The summed E-state index contributed by atoms with van der Waals surface area (Å²) in [6.07, 6.45) is 3.97. The van der Waals surface area contributed by atoms with Gasteiger partial charge in [0.05, 0.1) is 35.9 Å². The average molecular weight is 497 g/mol. The molecule has 37 heavy (non-hydrogen) atoms. The van der Waals surface area contributed by atoms with Crippen LogP contribution in [0.15, 0.2) is 67.3 Å². The molecule has 0 spiro atoms. The summed E-state index contributed by atoms with van der Waals surface area (Å²) in [6.45, 7) is 3.85. The van der Waals surface area contributed by atoms with Gasteiger partial charge in [0, 0.05) is 25.0 Å². The van der Waals surface area contributed by atoms with Crippen LogP contribution in [0.2, 0.25) is 0 Å². The molecule has 2 aromatic carbocycles. The minimum absolute atomic E-state index is 0.102. The van der Waals surface area contributed by atoms with Gasteiger partial charge in [0.25, 0.3) is 5.91 Å². The van der Waals surface area contributed by atoms with Crippen molar-refractivity contribution in [3.8, 4) is 23.3 Å². The summed E-state index contributed by atoms with van der Waals surface area (Å²) in [7, 11) is 0. The van der Waals surface area contributed by atoms with E-state index in [2.05, 4.69) is 26.3 Å². The van der Waals surface area contributed by atoms with Gasteiger partial charge >= 0.3 is 0 Å². The van der Waals surface area contributed by atoms with E-state index in [1.165, 1.54) is 6.33 Å². The van der Waals surface area contributed by atoms with Crippen LogP contribution in [0.5, 0.6) is 17.2 Å². The third kappa shape index (κ3) is 5.42. The highest BCUT2D eigenvalue weighted by Gasteiger charge is 2.25. The Bertz CT molecular complexity index is 1450. The normalized spacial score (nSPS) is 14.0. The lowest BCUT2D eigenvalue weighted by molar-refractivity contribution is -0.142. The molecule has 0 saturated carbocycles. The number of ether oxygens (including phenoxy) is 3. The highest BCUT2D eigenvalue weighted by molar-refractivity contribution is 5.96. The van der Waals surface area contributed by atoms with Crippen LogP contribution in [-0.2, 0) is 9.53 Å². The second-order valence-electron chi connectivity index (χ2n) is 8.31. The van der Waals surface area contributed by atoms with Crippen molar-refractivity contribution in [3.05, 3.63) is 72.8 Å². The molecule has 1 aliphatic rings. The molecule has 3 heterocycles. The molecule has 0 bridgehead atoms. The van der Waals surface area contributed by atoms with Gasteiger partial charge in [-0.1, -0.05) is 6.07 Å². The topological polar surface area (TPSA) is 122 Å². The predicted molar refractivity (Wildman–Crippen MR) is 136 cm³/mol. The molecule has 4 aromatic rings. The molecule has 1 fully saturated rings. The van der Waals surface area contributed by atoms with Gasteiger partial charge in [0.1, 0.15) is 35.5 Å². The van der Waals surface area contributed by atoms with Crippen molar-refractivity contribution in [1.29, 1.82) is 5.26 Å². The fraction of sp³-hybridized carbons (Fsp3) is 0.222. The number of benzene rings is 2. The lowest BCUT2D eigenvalue weighted by atomic mass is 10.1. The first-order valence-corrected chi connectivity index (χ1v) is 11.8. The van der Waals surface area contributed by atoms with Crippen LogP contribution in [0.3, 0.4) is 0 Å². The number of nitrogens with zero attached hydrogens (tertiary/aromatic N) is 5. The van der Waals surface area contributed by atoms with Crippen molar-refractivity contribution in [2.45, 2.75) is 13.0 Å². The van der Waals surface area contributed by atoms with E-state index in [4.69, 9.17) is 14.2 Å². The molecule has 0 aliphatic carbocycles. The zero-order valence-electron chi connectivity index (χ0n) is 20.1. The molecule has 5 rings (SSSR count). The summed E-state index contributed by atoms with van der Waals surface area (Å²) in [5, 5.41) is 13.6. The molecule has 186 valence electrons. The summed E-state index contributed by atoms with van der Waals surface area (Å²) in [5.41, 5.74) is 1.62. The first-order valence-electron chi connectivity index (χ1n) is 11.8. The minimum Gasteiger partial charge on any atom is -0.480 e. The van der Waals surface area contributed by atoms with Crippen LogP contribution in [0.25, 0.3) is 10.9 Å². The largest absolute Gasteiger partial charge is 0.480 e. The Hall–Kier alpha value is -4.75. The van der Waals surface area contributed by atoms with Gasteiger partial charge in [-0.2, -0.15) is 5.26 Å². The van der Waals surface area contributed by atoms with Crippen LogP contribution in [0.1, 0.15) is 12.5 Å². The quantitative estimate of drug-likeness (QED) is 0.403. The standard InChI is InChI=1S/C27H24N6O4/c1-18(27(34)33-10-12-35-13-11-33)36-24-6-2-5-22-25(24)26(31-17-30-22)32-20-7-8-23(19(14-20)15-28)37-21-4-3-9-29-16-21/h2-9,14,16-18H,10-13H2,1H3,(H,30,31,32). The van der Waals surface area contributed by atoms with E-state index in [9.17, 15) is 10.1 Å². The number of nitriles is 1. The fourth-order valence-corrected chi connectivity index (χ4v) is 4.01. The van der Waals surface area contributed by atoms with E-state index in [1.54, 1.807) is 60.6 Å². The first kappa shape index (κ1) is 24.0.